The number of fused-ring (bicyclic) bond motifs is 1. The van der Waals surface area contributed by atoms with Crippen LogP contribution in [0.15, 0.2) is 18.2 Å². The van der Waals surface area contributed by atoms with Crippen LogP contribution >= 0.6 is 0 Å². The highest BCUT2D eigenvalue weighted by Crippen LogP contribution is 2.28. The number of anilines is 1. The SMILES string of the molecule is Cc1ccc2c(c1)N(C(=O)C(=O)NCC1CCC(=O)N1)CC2. The van der Waals surface area contributed by atoms with Gasteiger partial charge in [0.05, 0.1) is 0 Å². The highest BCUT2D eigenvalue weighted by molar-refractivity contribution is 6.40. The lowest BCUT2D eigenvalue weighted by atomic mass is 10.1. The minimum atomic E-state index is -0.615. The van der Waals surface area contributed by atoms with Crippen molar-refractivity contribution in [2.24, 2.45) is 0 Å². The number of amides is 3. The highest BCUT2D eigenvalue weighted by atomic mass is 16.2. The van der Waals surface area contributed by atoms with Gasteiger partial charge in [-0.25, -0.2) is 0 Å². The van der Waals surface area contributed by atoms with Crippen LogP contribution in [0.2, 0.25) is 0 Å². The van der Waals surface area contributed by atoms with E-state index in [4.69, 9.17) is 0 Å². The van der Waals surface area contributed by atoms with E-state index in [2.05, 4.69) is 10.6 Å². The predicted molar refractivity (Wildman–Crippen MR) is 81.4 cm³/mol. The Balaban J connectivity index is 1.61. The Hall–Kier alpha value is -2.37. The van der Waals surface area contributed by atoms with Crippen LogP contribution in [0.4, 0.5) is 5.69 Å². The van der Waals surface area contributed by atoms with E-state index in [1.165, 1.54) is 4.90 Å². The standard InChI is InChI=1S/C16H19N3O3/c1-10-2-3-11-6-7-19(13(11)8-10)16(22)15(21)17-9-12-4-5-14(20)18-12/h2-3,8,12H,4-7,9H2,1H3,(H,17,21)(H,18,20). The molecule has 0 bridgehead atoms. The molecule has 22 heavy (non-hydrogen) atoms. The third-order valence-corrected chi connectivity index (χ3v) is 4.17. The van der Waals surface area contributed by atoms with E-state index < -0.39 is 11.8 Å². The van der Waals surface area contributed by atoms with Crippen LogP contribution in [-0.2, 0) is 20.8 Å². The molecule has 0 radical (unpaired) electrons. The zero-order chi connectivity index (χ0) is 15.7. The average Bonchev–Trinajstić information content (AvgIpc) is 3.09. The molecular formula is C16H19N3O3. The second-order valence-electron chi connectivity index (χ2n) is 5.85. The van der Waals surface area contributed by atoms with Crippen LogP contribution in [0, 0.1) is 6.92 Å². The van der Waals surface area contributed by atoms with Crippen LogP contribution < -0.4 is 15.5 Å². The molecule has 3 rings (SSSR count). The largest absolute Gasteiger partial charge is 0.352 e. The number of carbonyl (C=O) groups excluding carboxylic acids is 3. The van der Waals surface area contributed by atoms with Crippen molar-refractivity contribution in [2.75, 3.05) is 18.0 Å². The van der Waals surface area contributed by atoms with E-state index >= 15 is 0 Å². The molecular weight excluding hydrogens is 282 g/mol. The number of benzene rings is 1. The van der Waals surface area contributed by atoms with Crippen molar-refractivity contribution >= 4 is 23.4 Å². The summed E-state index contributed by atoms with van der Waals surface area (Å²) in [6.45, 7) is 2.79. The van der Waals surface area contributed by atoms with Crippen molar-refractivity contribution in [3.63, 3.8) is 0 Å². The molecule has 2 aliphatic rings. The van der Waals surface area contributed by atoms with Gasteiger partial charge in [-0.3, -0.25) is 14.4 Å². The van der Waals surface area contributed by atoms with Gasteiger partial charge in [-0.1, -0.05) is 12.1 Å². The van der Waals surface area contributed by atoms with Crippen LogP contribution in [0.5, 0.6) is 0 Å². The van der Waals surface area contributed by atoms with Crippen molar-refractivity contribution in [1.82, 2.24) is 10.6 Å². The van der Waals surface area contributed by atoms with Crippen molar-refractivity contribution < 1.29 is 14.4 Å². The number of rotatable bonds is 2. The third kappa shape index (κ3) is 2.81. The second kappa shape index (κ2) is 5.79. The molecule has 0 aliphatic carbocycles. The summed E-state index contributed by atoms with van der Waals surface area (Å²) in [7, 11) is 0. The summed E-state index contributed by atoms with van der Waals surface area (Å²) >= 11 is 0. The highest BCUT2D eigenvalue weighted by Gasteiger charge is 2.30. The Labute approximate surface area is 128 Å². The number of hydrogen-bond donors (Lipinski definition) is 2. The Morgan fingerprint density at radius 1 is 1.36 bits per heavy atom. The molecule has 6 nitrogen and oxygen atoms in total. The molecule has 0 aromatic heterocycles. The fourth-order valence-electron chi connectivity index (χ4n) is 2.94. The molecule has 1 aromatic carbocycles. The van der Waals surface area contributed by atoms with Gasteiger partial charge in [0, 0.05) is 31.2 Å². The minimum absolute atomic E-state index is 0.00507. The van der Waals surface area contributed by atoms with Gasteiger partial charge in [0.1, 0.15) is 0 Å². The summed E-state index contributed by atoms with van der Waals surface area (Å²) in [6.07, 6.45) is 1.94. The van der Waals surface area contributed by atoms with E-state index in [0.717, 1.165) is 23.2 Å². The quantitative estimate of drug-likeness (QED) is 0.770. The van der Waals surface area contributed by atoms with Gasteiger partial charge in [0.25, 0.3) is 0 Å². The fraction of sp³-hybridized carbons (Fsp3) is 0.438. The van der Waals surface area contributed by atoms with Crippen LogP contribution in [0.1, 0.15) is 24.0 Å². The topological polar surface area (TPSA) is 78.5 Å². The van der Waals surface area contributed by atoms with Crippen LogP contribution in [-0.4, -0.2) is 36.9 Å². The lowest BCUT2D eigenvalue weighted by Crippen LogP contribution is -2.46. The fourth-order valence-corrected chi connectivity index (χ4v) is 2.94. The van der Waals surface area contributed by atoms with Crippen LogP contribution in [0.3, 0.4) is 0 Å². The first-order valence-corrected chi connectivity index (χ1v) is 7.53. The van der Waals surface area contributed by atoms with E-state index in [-0.39, 0.29) is 11.9 Å². The van der Waals surface area contributed by atoms with Crippen molar-refractivity contribution in [2.45, 2.75) is 32.2 Å². The molecule has 116 valence electrons. The molecule has 1 atom stereocenters. The van der Waals surface area contributed by atoms with E-state index in [9.17, 15) is 14.4 Å². The molecule has 6 heteroatoms. The van der Waals surface area contributed by atoms with Gasteiger partial charge in [-0.05, 0) is 37.0 Å². The summed E-state index contributed by atoms with van der Waals surface area (Å²) in [5.74, 6) is -1.15. The maximum Gasteiger partial charge on any atom is 0.316 e. The summed E-state index contributed by atoms with van der Waals surface area (Å²) in [5.41, 5.74) is 2.98. The lowest BCUT2D eigenvalue weighted by Gasteiger charge is -2.18. The summed E-state index contributed by atoms with van der Waals surface area (Å²) < 4.78 is 0. The van der Waals surface area contributed by atoms with Gasteiger partial charge in [0.2, 0.25) is 5.91 Å². The van der Waals surface area contributed by atoms with Gasteiger partial charge >= 0.3 is 11.8 Å². The molecule has 2 N–H and O–H groups in total. The normalized spacial score (nSPS) is 19.8. The monoisotopic (exact) mass is 301 g/mol. The maximum atomic E-state index is 12.3. The van der Waals surface area contributed by atoms with Crippen molar-refractivity contribution in [1.29, 1.82) is 0 Å². The van der Waals surface area contributed by atoms with Gasteiger partial charge in [-0.15, -0.1) is 0 Å². The number of nitrogens with one attached hydrogen (secondary N) is 2. The lowest BCUT2D eigenvalue weighted by molar-refractivity contribution is -0.137. The van der Waals surface area contributed by atoms with Crippen LogP contribution in [0.25, 0.3) is 0 Å². The molecule has 1 fully saturated rings. The van der Waals surface area contributed by atoms with E-state index in [0.29, 0.717) is 25.9 Å². The zero-order valence-corrected chi connectivity index (χ0v) is 12.5. The Morgan fingerprint density at radius 3 is 2.91 bits per heavy atom. The molecule has 2 aliphatic heterocycles. The van der Waals surface area contributed by atoms with Gasteiger partial charge in [-0.2, -0.15) is 0 Å². The first-order chi connectivity index (χ1) is 10.5. The summed E-state index contributed by atoms with van der Waals surface area (Å²) in [6, 6.07) is 5.88. The first kappa shape index (κ1) is 14.6. The Kier molecular flexibility index (Phi) is 3.83. The Morgan fingerprint density at radius 2 is 2.18 bits per heavy atom. The molecule has 3 amide bonds. The van der Waals surface area contributed by atoms with Crippen molar-refractivity contribution in [3.8, 4) is 0 Å². The zero-order valence-electron chi connectivity index (χ0n) is 12.5. The van der Waals surface area contributed by atoms with E-state index in [1.807, 2.05) is 25.1 Å². The second-order valence-corrected chi connectivity index (χ2v) is 5.85. The molecule has 2 heterocycles. The Bertz CT molecular complexity index is 642. The molecule has 0 spiro atoms. The van der Waals surface area contributed by atoms with E-state index in [1.54, 1.807) is 0 Å². The molecule has 1 saturated heterocycles. The van der Waals surface area contributed by atoms with Gasteiger partial charge < -0.3 is 15.5 Å². The first-order valence-electron chi connectivity index (χ1n) is 7.53. The molecule has 1 aromatic rings. The smallest absolute Gasteiger partial charge is 0.316 e. The number of carbonyl (C=O) groups is 3. The average molecular weight is 301 g/mol. The van der Waals surface area contributed by atoms with Gasteiger partial charge in [0.15, 0.2) is 0 Å². The predicted octanol–water partition coefficient (Wildman–Crippen LogP) is 0.279. The van der Waals surface area contributed by atoms with Crippen molar-refractivity contribution in [3.05, 3.63) is 29.3 Å². The summed E-state index contributed by atoms with van der Waals surface area (Å²) in [5, 5.41) is 5.38. The molecule has 0 saturated carbocycles. The number of nitrogens with zero attached hydrogens (tertiary/aromatic N) is 1. The molecule has 1 unspecified atom stereocenters. The summed E-state index contributed by atoms with van der Waals surface area (Å²) in [4.78, 5) is 37.0. The third-order valence-electron chi connectivity index (χ3n) is 4.17. The minimum Gasteiger partial charge on any atom is -0.352 e. The number of aryl methyl sites for hydroxylation is 1. The maximum absolute atomic E-state index is 12.3. The number of hydrogen-bond acceptors (Lipinski definition) is 3.